The molecule has 5 heteroatoms. The highest BCUT2D eigenvalue weighted by Crippen LogP contribution is 2.24. The summed E-state index contributed by atoms with van der Waals surface area (Å²) in [5.41, 5.74) is 6.00. The van der Waals surface area contributed by atoms with Crippen molar-refractivity contribution in [3.63, 3.8) is 0 Å². The average molecular weight is 313 g/mol. The molecule has 1 fully saturated rings. The Hall–Kier alpha value is -1.26. The molecule has 0 radical (unpaired) electrons. The molecule has 2 rings (SSSR count). The Balaban J connectivity index is 0.00000220. The van der Waals surface area contributed by atoms with Crippen molar-refractivity contribution in [3.05, 3.63) is 29.8 Å². The van der Waals surface area contributed by atoms with E-state index in [1.54, 1.807) is 12.1 Å². The maximum Gasteiger partial charge on any atom is 0.251 e. The van der Waals surface area contributed by atoms with Crippen molar-refractivity contribution in [2.24, 2.45) is 11.7 Å². The molecule has 0 saturated heterocycles. The number of nitrogens with one attached hydrogen (secondary N) is 1. The van der Waals surface area contributed by atoms with Crippen molar-refractivity contribution in [2.45, 2.75) is 32.1 Å². The van der Waals surface area contributed by atoms with Crippen LogP contribution in [0.4, 0.5) is 0 Å². The predicted octanol–water partition coefficient (Wildman–Crippen LogP) is 2.76. The van der Waals surface area contributed by atoms with Crippen LogP contribution in [-0.2, 0) is 0 Å². The van der Waals surface area contributed by atoms with Gasteiger partial charge in [0.1, 0.15) is 5.75 Å². The Morgan fingerprint density at radius 1 is 1.19 bits per heavy atom. The van der Waals surface area contributed by atoms with E-state index < -0.39 is 0 Å². The Morgan fingerprint density at radius 2 is 1.86 bits per heavy atom. The van der Waals surface area contributed by atoms with E-state index in [9.17, 15) is 4.79 Å². The lowest BCUT2D eigenvalue weighted by Crippen LogP contribution is -2.28. The minimum atomic E-state index is -0.0886. The number of halogens is 1. The van der Waals surface area contributed by atoms with Crippen molar-refractivity contribution in [3.8, 4) is 5.75 Å². The second-order valence-electron chi connectivity index (χ2n) is 5.38. The Bertz CT molecular complexity index is 417. The van der Waals surface area contributed by atoms with Gasteiger partial charge in [0.15, 0.2) is 0 Å². The molecule has 1 aromatic rings. The number of hydrogen-bond acceptors (Lipinski definition) is 3. The van der Waals surface area contributed by atoms with E-state index in [1.807, 2.05) is 12.1 Å². The van der Waals surface area contributed by atoms with Crippen LogP contribution in [0, 0.1) is 5.92 Å². The van der Waals surface area contributed by atoms with Crippen molar-refractivity contribution >= 4 is 18.3 Å². The van der Waals surface area contributed by atoms with Gasteiger partial charge in [0.2, 0.25) is 0 Å². The summed E-state index contributed by atoms with van der Waals surface area (Å²) < 4.78 is 5.81. The molecular formula is C16H25ClN2O2. The van der Waals surface area contributed by atoms with Gasteiger partial charge < -0.3 is 15.8 Å². The standard InChI is InChI=1S/C16H24N2O2.ClH/c17-10-11-18-16(19)14-6-8-15(9-7-14)20-12-13-4-2-1-3-5-13;/h6-9,13H,1-5,10-12,17H2,(H,18,19);1H. The minimum absolute atomic E-state index is 0. The van der Waals surface area contributed by atoms with Crippen molar-refractivity contribution in [1.82, 2.24) is 5.32 Å². The van der Waals surface area contributed by atoms with Crippen LogP contribution in [0.25, 0.3) is 0 Å². The monoisotopic (exact) mass is 312 g/mol. The van der Waals surface area contributed by atoms with Crippen molar-refractivity contribution in [1.29, 1.82) is 0 Å². The van der Waals surface area contributed by atoms with Crippen LogP contribution in [0.1, 0.15) is 42.5 Å². The third kappa shape index (κ3) is 5.94. The molecule has 0 unspecified atom stereocenters. The zero-order valence-electron chi connectivity index (χ0n) is 12.3. The quantitative estimate of drug-likeness (QED) is 0.849. The summed E-state index contributed by atoms with van der Waals surface area (Å²) >= 11 is 0. The summed E-state index contributed by atoms with van der Waals surface area (Å²) in [5, 5.41) is 2.75. The van der Waals surface area contributed by atoms with E-state index >= 15 is 0 Å². The Morgan fingerprint density at radius 3 is 2.48 bits per heavy atom. The van der Waals surface area contributed by atoms with Crippen LogP contribution in [0.15, 0.2) is 24.3 Å². The average Bonchev–Trinajstić information content (AvgIpc) is 2.52. The van der Waals surface area contributed by atoms with Gasteiger partial charge in [-0.05, 0) is 43.0 Å². The fourth-order valence-corrected chi connectivity index (χ4v) is 2.56. The van der Waals surface area contributed by atoms with E-state index in [-0.39, 0.29) is 18.3 Å². The number of hydrogen-bond donors (Lipinski definition) is 2. The first-order valence-corrected chi connectivity index (χ1v) is 7.50. The lowest BCUT2D eigenvalue weighted by Gasteiger charge is -2.21. The van der Waals surface area contributed by atoms with Gasteiger partial charge in [0.05, 0.1) is 6.61 Å². The number of rotatable bonds is 6. The molecule has 21 heavy (non-hydrogen) atoms. The second-order valence-corrected chi connectivity index (χ2v) is 5.38. The maximum atomic E-state index is 11.7. The SMILES string of the molecule is Cl.NCCNC(=O)c1ccc(OCC2CCCCC2)cc1. The van der Waals surface area contributed by atoms with Crippen molar-refractivity contribution in [2.75, 3.05) is 19.7 Å². The van der Waals surface area contributed by atoms with Gasteiger partial charge in [-0.3, -0.25) is 4.79 Å². The van der Waals surface area contributed by atoms with E-state index in [0.29, 0.717) is 24.6 Å². The first kappa shape index (κ1) is 17.8. The largest absolute Gasteiger partial charge is 0.493 e. The molecule has 0 aliphatic heterocycles. The molecule has 0 spiro atoms. The fraction of sp³-hybridized carbons (Fsp3) is 0.562. The number of carbonyl (C=O) groups is 1. The first-order valence-electron chi connectivity index (χ1n) is 7.50. The van der Waals surface area contributed by atoms with Gasteiger partial charge in [0.25, 0.3) is 5.91 Å². The van der Waals surface area contributed by atoms with E-state index in [1.165, 1.54) is 32.1 Å². The fourth-order valence-electron chi connectivity index (χ4n) is 2.56. The topological polar surface area (TPSA) is 64.3 Å². The number of ether oxygens (including phenoxy) is 1. The van der Waals surface area contributed by atoms with Crippen LogP contribution in [0.5, 0.6) is 5.75 Å². The highest BCUT2D eigenvalue weighted by Gasteiger charge is 2.14. The van der Waals surface area contributed by atoms with Gasteiger partial charge in [-0.15, -0.1) is 12.4 Å². The molecule has 0 atom stereocenters. The molecule has 0 heterocycles. The summed E-state index contributed by atoms with van der Waals surface area (Å²) in [6, 6.07) is 7.31. The molecule has 1 aromatic carbocycles. The van der Waals surface area contributed by atoms with Crippen molar-refractivity contribution < 1.29 is 9.53 Å². The summed E-state index contributed by atoms with van der Waals surface area (Å²) in [6.07, 6.45) is 6.57. The van der Waals surface area contributed by atoms with Crippen LogP contribution in [0.2, 0.25) is 0 Å². The molecule has 4 nitrogen and oxygen atoms in total. The van der Waals surface area contributed by atoms with Gasteiger partial charge in [-0.1, -0.05) is 19.3 Å². The lowest BCUT2D eigenvalue weighted by atomic mass is 9.90. The molecule has 3 N–H and O–H groups in total. The zero-order valence-corrected chi connectivity index (χ0v) is 13.2. The normalized spacial score (nSPS) is 15.1. The molecule has 1 aliphatic rings. The summed E-state index contributed by atoms with van der Waals surface area (Å²) in [6.45, 7) is 1.74. The van der Waals surface area contributed by atoms with E-state index in [4.69, 9.17) is 10.5 Å². The van der Waals surface area contributed by atoms with Crippen LogP contribution in [0.3, 0.4) is 0 Å². The Labute approximate surface area is 132 Å². The molecular weight excluding hydrogens is 288 g/mol. The minimum Gasteiger partial charge on any atom is -0.493 e. The molecule has 0 bridgehead atoms. The molecule has 118 valence electrons. The zero-order chi connectivity index (χ0) is 14.2. The second kappa shape index (κ2) is 9.64. The van der Waals surface area contributed by atoms with E-state index in [0.717, 1.165) is 12.4 Å². The molecule has 1 saturated carbocycles. The number of benzene rings is 1. The highest BCUT2D eigenvalue weighted by atomic mass is 35.5. The smallest absolute Gasteiger partial charge is 0.251 e. The number of carbonyl (C=O) groups excluding carboxylic acids is 1. The van der Waals surface area contributed by atoms with Gasteiger partial charge in [0, 0.05) is 18.7 Å². The Kier molecular flexibility index (Phi) is 8.16. The van der Waals surface area contributed by atoms with Crippen LogP contribution in [-0.4, -0.2) is 25.6 Å². The number of nitrogens with two attached hydrogens (primary N) is 1. The third-order valence-corrected chi connectivity index (χ3v) is 3.76. The predicted molar refractivity (Wildman–Crippen MR) is 87.1 cm³/mol. The third-order valence-electron chi connectivity index (χ3n) is 3.76. The molecule has 1 amide bonds. The summed E-state index contributed by atoms with van der Waals surface area (Å²) in [4.78, 5) is 11.7. The van der Waals surface area contributed by atoms with Crippen LogP contribution >= 0.6 is 12.4 Å². The number of amides is 1. The first-order chi connectivity index (χ1) is 9.79. The van der Waals surface area contributed by atoms with E-state index in [2.05, 4.69) is 5.32 Å². The maximum absolute atomic E-state index is 11.7. The molecule has 0 aromatic heterocycles. The van der Waals surface area contributed by atoms with Gasteiger partial charge in [-0.25, -0.2) is 0 Å². The molecule has 1 aliphatic carbocycles. The van der Waals surface area contributed by atoms with Gasteiger partial charge >= 0.3 is 0 Å². The van der Waals surface area contributed by atoms with Gasteiger partial charge in [-0.2, -0.15) is 0 Å². The lowest BCUT2D eigenvalue weighted by molar-refractivity contribution is 0.0954. The summed E-state index contributed by atoms with van der Waals surface area (Å²) in [5.74, 6) is 1.44. The van der Waals surface area contributed by atoms with Crippen LogP contribution < -0.4 is 15.8 Å². The highest BCUT2D eigenvalue weighted by molar-refractivity contribution is 5.94. The summed E-state index contributed by atoms with van der Waals surface area (Å²) in [7, 11) is 0.